The number of hydrogen-bond acceptors (Lipinski definition) is 6. The molecule has 226 valence electrons. The normalized spacial score (nSPS) is 16.7. The number of nitrogens with one attached hydrogen (secondary N) is 1. The number of carbonyl (C=O) groups is 1. The van der Waals surface area contributed by atoms with Crippen LogP contribution in [0.25, 0.3) is 0 Å². The van der Waals surface area contributed by atoms with Crippen LogP contribution in [0.4, 0.5) is 5.69 Å². The van der Waals surface area contributed by atoms with Gasteiger partial charge in [-0.1, -0.05) is 69.5 Å². The lowest BCUT2D eigenvalue weighted by molar-refractivity contribution is -0.124. The van der Waals surface area contributed by atoms with Crippen LogP contribution < -0.4 is 11.1 Å². The van der Waals surface area contributed by atoms with E-state index in [-0.39, 0.29) is 41.6 Å². The number of nitrogens with two attached hydrogens (primary N) is 1. The van der Waals surface area contributed by atoms with Gasteiger partial charge < -0.3 is 16.2 Å². The zero-order valence-electron chi connectivity index (χ0n) is 24.7. The Hall–Kier alpha value is -3.27. The lowest BCUT2D eigenvalue weighted by atomic mass is 9.69. The van der Waals surface area contributed by atoms with E-state index < -0.39 is 22.2 Å². The molecule has 3 aromatic rings. The summed E-state index contributed by atoms with van der Waals surface area (Å²) in [7, 11) is -3.91. The molecule has 4 N–H and O–H groups in total. The average molecular weight is 593 g/mol. The monoisotopic (exact) mass is 592 g/mol. The molecule has 42 heavy (non-hydrogen) atoms. The van der Waals surface area contributed by atoms with Crippen molar-refractivity contribution in [1.82, 2.24) is 14.6 Å². The number of pyridine rings is 1. The first-order valence-corrected chi connectivity index (χ1v) is 16.3. The van der Waals surface area contributed by atoms with E-state index in [0.29, 0.717) is 12.1 Å². The maximum absolute atomic E-state index is 13.7. The molecule has 1 fully saturated rings. The molecule has 0 aliphatic heterocycles. The number of aliphatic hydroxyl groups excluding tert-OH is 1. The predicted molar refractivity (Wildman–Crippen MR) is 166 cm³/mol. The third kappa shape index (κ3) is 8.18. The predicted octanol–water partition coefficient (Wildman–Crippen LogP) is 4.69. The van der Waals surface area contributed by atoms with Gasteiger partial charge in [0.1, 0.15) is 0 Å². The molecule has 4 rings (SSSR count). The summed E-state index contributed by atoms with van der Waals surface area (Å²) in [4.78, 5) is 18.5. The molecule has 2 atom stereocenters. The highest BCUT2D eigenvalue weighted by atomic mass is 32.2. The molecule has 0 unspecified atom stereocenters. The van der Waals surface area contributed by atoms with Crippen LogP contribution in [0.3, 0.4) is 0 Å². The van der Waals surface area contributed by atoms with Gasteiger partial charge >= 0.3 is 0 Å². The van der Waals surface area contributed by atoms with Gasteiger partial charge in [0, 0.05) is 42.5 Å². The number of anilines is 1. The Morgan fingerprint density at radius 1 is 0.976 bits per heavy atom. The molecule has 0 spiro atoms. The maximum Gasteiger partial charge on any atom is 0.243 e. The van der Waals surface area contributed by atoms with Crippen molar-refractivity contribution >= 4 is 21.6 Å². The van der Waals surface area contributed by atoms with Crippen LogP contribution in [0.2, 0.25) is 0 Å². The zero-order valence-corrected chi connectivity index (χ0v) is 25.5. The second kappa shape index (κ2) is 14.3. The van der Waals surface area contributed by atoms with Crippen molar-refractivity contribution in [3.8, 4) is 0 Å². The summed E-state index contributed by atoms with van der Waals surface area (Å²) < 4.78 is 28.6. The molecule has 0 radical (unpaired) electrons. The summed E-state index contributed by atoms with van der Waals surface area (Å²) in [5, 5.41) is 14.7. The third-order valence-corrected chi connectivity index (χ3v) is 9.95. The quantitative estimate of drug-likeness (QED) is 0.247. The van der Waals surface area contributed by atoms with E-state index in [1.54, 1.807) is 18.3 Å². The molecule has 0 saturated heterocycles. The van der Waals surface area contributed by atoms with E-state index >= 15 is 0 Å². The first-order chi connectivity index (χ1) is 20.1. The Morgan fingerprint density at radius 3 is 2.26 bits per heavy atom. The van der Waals surface area contributed by atoms with Gasteiger partial charge in [-0.25, -0.2) is 8.42 Å². The lowest BCUT2D eigenvalue weighted by Crippen LogP contribution is -2.52. The van der Waals surface area contributed by atoms with E-state index in [2.05, 4.69) is 10.3 Å². The molecule has 1 aliphatic rings. The van der Waals surface area contributed by atoms with Crippen LogP contribution >= 0.6 is 0 Å². The summed E-state index contributed by atoms with van der Waals surface area (Å²) in [6, 6.07) is 20.8. The van der Waals surface area contributed by atoms with Crippen LogP contribution in [-0.4, -0.2) is 54.0 Å². The van der Waals surface area contributed by atoms with Crippen LogP contribution in [0.5, 0.6) is 0 Å². The van der Waals surface area contributed by atoms with Gasteiger partial charge in [0.25, 0.3) is 0 Å². The first-order valence-electron chi connectivity index (χ1n) is 14.9. The Kier molecular flexibility index (Phi) is 10.8. The fourth-order valence-corrected chi connectivity index (χ4v) is 7.57. The zero-order chi connectivity index (χ0) is 30.2. The molecule has 1 aliphatic carbocycles. The summed E-state index contributed by atoms with van der Waals surface area (Å²) in [6.07, 6.45) is 6.23. The largest absolute Gasteiger partial charge is 0.399 e. The van der Waals surface area contributed by atoms with Crippen LogP contribution in [0.1, 0.15) is 63.6 Å². The summed E-state index contributed by atoms with van der Waals surface area (Å²) in [5.41, 5.74) is 7.77. The molecule has 8 nitrogen and oxygen atoms in total. The van der Waals surface area contributed by atoms with E-state index in [9.17, 15) is 18.3 Å². The number of nitrogens with zero attached hydrogens (tertiary/aromatic N) is 2. The van der Waals surface area contributed by atoms with Crippen LogP contribution in [-0.2, 0) is 26.7 Å². The number of rotatable bonds is 13. The average Bonchev–Trinajstić information content (AvgIpc) is 2.98. The minimum Gasteiger partial charge on any atom is -0.399 e. The van der Waals surface area contributed by atoms with Gasteiger partial charge in [-0.2, -0.15) is 4.31 Å². The van der Waals surface area contributed by atoms with Crippen molar-refractivity contribution in [3.05, 3.63) is 90.3 Å². The van der Waals surface area contributed by atoms with E-state index in [0.717, 1.165) is 43.4 Å². The highest BCUT2D eigenvalue weighted by Gasteiger charge is 2.38. The Morgan fingerprint density at radius 2 is 1.64 bits per heavy atom. The third-order valence-electron chi connectivity index (χ3n) is 8.10. The number of nitrogen functional groups attached to an aromatic ring is 1. The highest BCUT2D eigenvalue weighted by Crippen LogP contribution is 2.41. The molecular weight excluding hydrogens is 548 g/mol. The fraction of sp³-hybridized carbons (Fsp3) is 0.455. The van der Waals surface area contributed by atoms with Gasteiger partial charge in [-0.15, -0.1) is 0 Å². The second-order valence-electron chi connectivity index (χ2n) is 11.9. The molecule has 0 bridgehead atoms. The summed E-state index contributed by atoms with van der Waals surface area (Å²) >= 11 is 0. The number of hydrogen-bond donors (Lipinski definition) is 3. The SMILES string of the molecule is CC(C)CN(C[C@@H](O)[C@H](Cc1ccccc1)NC(=O)CC1(c2ccccn2)CCCCC1)S(=O)(=O)c1ccc(N)cc1. The number of aromatic nitrogens is 1. The Labute approximate surface area is 250 Å². The molecule has 9 heteroatoms. The molecule has 2 aromatic carbocycles. The van der Waals surface area contributed by atoms with Crippen molar-refractivity contribution < 1.29 is 18.3 Å². The van der Waals surface area contributed by atoms with E-state index in [4.69, 9.17) is 5.73 Å². The minimum absolute atomic E-state index is 0.0208. The lowest BCUT2D eigenvalue weighted by Gasteiger charge is -2.37. The maximum atomic E-state index is 13.7. The van der Waals surface area contributed by atoms with Gasteiger partial charge in [-0.3, -0.25) is 9.78 Å². The number of aliphatic hydroxyl groups is 1. The Balaban J connectivity index is 1.58. The number of benzene rings is 2. The van der Waals surface area contributed by atoms with Gasteiger partial charge in [0.2, 0.25) is 15.9 Å². The van der Waals surface area contributed by atoms with Crippen molar-refractivity contribution in [2.75, 3.05) is 18.8 Å². The number of sulfonamides is 1. The van der Waals surface area contributed by atoms with Crippen molar-refractivity contribution in [2.24, 2.45) is 5.92 Å². The van der Waals surface area contributed by atoms with Gasteiger partial charge in [0.15, 0.2) is 0 Å². The molecule has 1 saturated carbocycles. The summed E-state index contributed by atoms with van der Waals surface area (Å²) in [5.74, 6) is -0.146. The highest BCUT2D eigenvalue weighted by molar-refractivity contribution is 7.89. The van der Waals surface area contributed by atoms with E-state index in [1.165, 1.54) is 16.4 Å². The topological polar surface area (TPSA) is 126 Å². The molecule has 1 aromatic heterocycles. The first kappa shape index (κ1) is 31.7. The van der Waals surface area contributed by atoms with Crippen LogP contribution in [0, 0.1) is 5.92 Å². The minimum atomic E-state index is -3.91. The van der Waals surface area contributed by atoms with Crippen molar-refractivity contribution in [3.63, 3.8) is 0 Å². The molecule has 1 heterocycles. The second-order valence-corrected chi connectivity index (χ2v) is 13.9. The van der Waals surface area contributed by atoms with Gasteiger partial charge in [0.05, 0.1) is 17.0 Å². The van der Waals surface area contributed by atoms with Crippen LogP contribution in [0.15, 0.2) is 83.9 Å². The van der Waals surface area contributed by atoms with E-state index in [1.807, 2.05) is 62.4 Å². The number of amides is 1. The van der Waals surface area contributed by atoms with Crippen molar-refractivity contribution in [2.45, 2.75) is 81.2 Å². The smallest absolute Gasteiger partial charge is 0.243 e. The standard InChI is InChI=1S/C33H44N4O4S/c1-25(2)23-37(42(40,41)28-16-14-27(34)15-17-28)24-30(38)29(21-26-11-5-3-6-12-26)36-32(39)22-33(18-8-4-9-19-33)31-13-7-10-20-35-31/h3,5-7,10-17,20,25,29-30,38H,4,8-9,18-19,21-24,34H2,1-2H3,(H,36,39)/t29-,30+/m0/s1. The van der Waals surface area contributed by atoms with Crippen molar-refractivity contribution in [1.29, 1.82) is 0 Å². The fourth-order valence-electron chi connectivity index (χ4n) is 5.95. The summed E-state index contributed by atoms with van der Waals surface area (Å²) in [6.45, 7) is 3.93. The number of carbonyl (C=O) groups excluding carboxylic acids is 1. The molecular formula is C33H44N4O4S. The van der Waals surface area contributed by atoms with Gasteiger partial charge in [-0.05, 0) is 67.1 Å². The Bertz CT molecular complexity index is 1380. The molecule has 1 amide bonds.